The summed E-state index contributed by atoms with van der Waals surface area (Å²) in [5, 5.41) is 3.44. The molecule has 98 valence electrons. The van der Waals surface area contributed by atoms with E-state index < -0.39 is 0 Å². The van der Waals surface area contributed by atoms with Crippen LogP contribution >= 0.6 is 0 Å². The molecule has 0 aromatic carbocycles. The summed E-state index contributed by atoms with van der Waals surface area (Å²) in [5.74, 6) is 1.80. The number of aryl methyl sites for hydroxylation is 1. The molecule has 0 saturated carbocycles. The summed E-state index contributed by atoms with van der Waals surface area (Å²) in [5.41, 5.74) is 1.11. The zero-order chi connectivity index (χ0) is 12.7. The predicted octanol–water partition coefficient (Wildman–Crippen LogP) is 3.84. The van der Waals surface area contributed by atoms with Gasteiger partial charge in [-0.1, -0.05) is 40.0 Å². The van der Waals surface area contributed by atoms with E-state index in [1.165, 1.54) is 25.7 Å². The van der Waals surface area contributed by atoms with Gasteiger partial charge in [-0.2, -0.15) is 0 Å². The molecule has 3 nitrogen and oxygen atoms in total. The molecule has 0 bridgehead atoms. The minimum Gasteiger partial charge on any atom is -0.356 e. The summed E-state index contributed by atoms with van der Waals surface area (Å²) in [6, 6.07) is 0. The molecule has 0 aliphatic rings. The first-order chi connectivity index (χ1) is 8.21. The van der Waals surface area contributed by atoms with Crippen LogP contribution in [-0.2, 0) is 6.54 Å². The van der Waals surface area contributed by atoms with Crippen molar-refractivity contribution < 1.29 is 0 Å². The topological polar surface area (TPSA) is 29.9 Å². The number of hydrogen-bond donors (Lipinski definition) is 1. The Kier molecular flexibility index (Phi) is 6.09. The van der Waals surface area contributed by atoms with Crippen molar-refractivity contribution in [2.45, 2.75) is 59.9 Å². The van der Waals surface area contributed by atoms with E-state index in [9.17, 15) is 0 Å². The third kappa shape index (κ3) is 4.41. The highest BCUT2D eigenvalue weighted by atomic mass is 15.2. The average molecular weight is 237 g/mol. The molecule has 1 N–H and O–H groups in total. The van der Waals surface area contributed by atoms with Crippen molar-refractivity contribution in [1.29, 1.82) is 0 Å². The van der Waals surface area contributed by atoms with E-state index in [0.717, 1.165) is 30.6 Å². The normalized spacial score (nSPS) is 11.1. The minimum atomic E-state index is 0.760. The van der Waals surface area contributed by atoms with Crippen LogP contribution in [0.1, 0.15) is 52.1 Å². The SMILES string of the molecule is CCCCNc1nc(C)cn1CC(CC)CC. The van der Waals surface area contributed by atoms with Gasteiger partial charge >= 0.3 is 0 Å². The second-order valence-electron chi connectivity index (χ2n) is 4.82. The van der Waals surface area contributed by atoms with E-state index >= 15 is 0 Å². The van der Waals surface area contributed by atoms with E-state index in [1.807, 2.05) is 0 Å². The van der Waals surface area contributed by atoms with Crippen molar-refractivity contribution in [3.05, 3.63) is 11.9 Å². The van der Waals surface area contributed by atoms with Gasteiger partial charge in [-0.25, -0.2) is 4.98 Å². The zero-order valence-electron chi connectivity index (χ0n) is 11.8. The molecule has 0 saturated heterocycles. The van der Waals surface area contributed by atoms with Crippen LogP contribution < -0.4 is 5.32 Å². The molecule has 0 aliphatic carbocycles. The largest absolute Gasteiger partial charge is 0.356 e. The molecular weight excluding hydrogens is 210 g/mol. The average Bonchev–Trinajstić information content (AvgIpc) is 2.67. The molecule has 0 unspecified atom stereocenters. The van der Waals surface area contributed by atoms with Crippen molar-refractivity contribution in [1.82, 2.24) is 9.55 Å². The van der Waals surface area contributed by atoms with Crippen molar-refractivity contribution in [3.63, 3.8) is 0 Å². The maximum absolute atomic E-state index is 4.56. The van der Waals surface area contributed by atoms with Crippen molar-refractivity contribution in [2.24, 2.45) is 5.92 Å². The molecule has 0 spiro atoms. The highest BCUT2D eigenvalue weighted by Gasteiger charge is 2.09. The number of nitrogens with zero attached hydrogens (tertiary/aromatic N) is 2. The van der Waals surface area contributed by atoms with E-state index in [0.29, 0.717) is 0 Å². The number of hydrogen-bond acceptors (Lipinski definition) is 2. The molecule has 1 rings (SSSR count). The molecular formula is C14H27N3. The van der Waals surface area contributed by atoms with Crippen LogP contribution in [0.2, 0.25) is 0 Å². The quantitative estimate of drug-likeness (QED) is 0.696. The van der Waals surface area contributed by atoms with Gasteiger partial charge in [0.1, 0.15) is 0 Å². The van der Waals surface area contributed by atoms with Crippen LogP contribution in [0.4, 0.5) is 5.95 Å². The third-order valence-electron chi connectivity index (χ3n) is 3.32. The number of nitrogens with one attached hydrogen (secondary N) is 1. The van der Waals surface area contributed by atoms with Gasteiger partial charge < -0.3 is 9.88 Å². The van der Waals surface area contributed by atoms with Gasteiger partial charge in [0.2, 0.25) is 5.95 Å². The number of aromatic nitrogens is 2. The van der Waals surface area contributed by atoms with Crippen molar-refractivity contribution >= 4 is 5.95 Å². The molecule has 0 radical (unpaired) electrons. The summed E-state index contributed by atoms with van der Waals surface area (Å²) in [4.78, 5) is 4.56. The van der Waals surface area contributed by atoms with Gasteiger partial charge in [0.05, 0.1) is 5.69 Å². The van der Waals surface area contributed by atoms with Crippen LogP contribution in [-0.4, -0.2) is 16.1 Å². The Balaban J connectivity index is 2.63. The first-order valence-electron chi connectivity index (χ1n) is 6.98. The molecule has 3 heteroatoms. The van der Waals surface area contributed by atoms with Gasteiger partial charge in [-0.3, -0.25) is 0 Å². The lowest BCUT2D eigenvalue weighted by atomic mass is 10.0. The Morgan fingerprint density at radius 3 is 2.59 bits per heavy atom. The Morgan fingerprint density at radius 1 is 1.29 bits per heavy atom. The fourth-order valence-electron chi connectivity index (χ4n) is 2.03. The minimum absolute atomic E-state index is 0.760. The molecule has 1 aromatic heterocycles. The van der Waals surface area contributed by atoms with Crippen LogP contribution in [0.15, 0.2) is 6.20 Å². The molecule has 1 aromatic rings. The van der Waals surface area contributed by atoms with Gasteiger partial charge in [0.15, 0.2) is 0 Å². The molecule has 1 heterocycles. The summed E-state index contributed by atoms with van der Waals surface area (Å²) >= 11 is 0. The Labute approximate surface area is 106 Å². The predicted molar refractivity (Wildman–Crippen MR) is 74.4 cm³/mol. The Hall–Kier alpha value is -0.990. The van der Waals surface area contributed by atoms with E-state index in [-0.39, 0.29) is 0 Å². The van der Waals surface area contributed by atoms with Crippen LogP contribution in [0.25, 0.3) is 0 Å². The number of anilines is 1. The third-order valence-corrected chi connectivity index (χ3v) is 3.32. The van der Waals surface area contributed by atoms with Crippen molar-refractivity contribution in [2.75, 3.05) is 11.9 Å². The number of rotatable bonds is 8. The van der Waals surface area contributed by atoms with Crippen LogP contribution in [0, 0.1) is 12.8 Å². The Bertz CT molecular complexity index is 313. The lowest BCUT2D eigenvalue weighted by Crippen LogP contribution is -2.13. The summed E-state index contributed by atoms with van der Waals surface area (Å²) in [6.07, 6.45) is 7.06. The zero-order valence-corrected chi connectivity index (χ0v) is 11.8. The highest BCUT2D eigenvalue weighted by Crippen LogP contribution is 2.16. The summed E-state index contributed by atoms with van der Waals surface area (Å²) in [7, 11) is 0. The molecule has 0 aliphatic heterocycles. The first kappa shape index (κ1) is 14.1. The summed E-state index contributed by atoms with van der Waals surface area (Å²) < 4.78 is 2.28. The smallest absolute Gasteiger partial charge is 0.203 e. The molecule has 17 heavy (non-hydrogen) atoms. The van der Waals surface area contributed by atoms with Crippen LogP contribution in [0.5, 0.6) is 0 Å². The second-order valence-corrected chi connectivity index (χ2v) is 4.82. The molecule has 0 fully saturated rings. The lowest BCUT2D eigenvalue weighted by Gasteiger charge is -2.15. The number of unbranched alkanes of at least 4 members (excludes halogenated alkanes) is 1. The monoisotopic (exact) mass is 237 g/mol. The maximum Gasteiger partial charge on any atom is 0.203 e. The highest BCUT2D eigenvalue weighted by molar-refractivity contribution is 5.28. The van der Waals surface area contributed by atoms with E-state index in [1.54, 1.807) is 0 Å². The standard InChI is InChI=1S/C14H27N3/c1-5-8-9-15-14-16-12(4)10-17(14)11-13(6-2)7-3/h10,13H,5-9,11H2,1-4H3,(H,15,16). The summed E-state index contributed by atoms with van der Waals surface area (Å²) in [6.45, 7) is 10.9. The number of imidazole rings is 1. The van der Waals surface area contributed by atoms with E-state index in [2.05, 4.69) is 48.8 Å². The molecule has 0 atom stereocenters. The molecule has 0 amide bonds. The van der Waals surface area contributed by atoms with Gasteiger partial charge in [0.25, 0.3) is 0 Å². The van der Waals surface area contributed by atoms with Crippen molar-refractivity contribution in [3.8, 4) is 0 Å². The maximum atomic E-state index is 4.56. The second kappa shape index (κ2) is 7.36. The van der Waals surface area contributed by atoms with Crippen LogP contribution in [0.3, 0.4) is 0 Å². The lowest BCUT2D eigenvalue weighted by molar-refractivity contribution is 0.420. The van der Waals surface area contributed by atoms with Gasteiger partial charge in [-0.05, 0) is 19.3 Å². The fraction of sp³-hybridized carbons (Fsp3) is 0.786. The van der Waals surface area contributed by atoms with E-state index in [4.69, 9.17) is 0 Å². The van der Waals surface area contributed by atoms with Gasteiger partial charge in [0, 0.05) is 19.3 Å². The first-order valence-corrected chi connectivity index (χ1v) is 6.98. The Morgan fingerprint density at radius 2 is 2.00 bits per heavy atom. The van der Waals surface area contributed by atoms with Gasteiger partial charge in [-0.15, -0.1) is 0 Å². The fourth-order valence-corrected chi connectivity index (χ4v) is 2.03.